The van der Waals surface area contributed by atoms with Gasteiger partial charge in [0.2, 0.25) is 0 Å². The van der Waals surface area contributed by atoms with Crippen LogP contribution in [0.2, 0.25) is 0 Å². The van der Waals surface area contributed by atoms with Crippen LogP contribution >= 0.6 is 11.9 Å². The number of aromatic nitrogens is 1. The van der Waals surface area contributed by atoms with Crippen molar-refractivity contribution >= 4 is 17.6 Å². The zero-order valence-electron chi connectivity index (χ0n) is 9.08. The molecule has 1 heterocycles. The fraction of sp³-hybridized carbons (Fsp3) is 0.0909. The second-order valence-electron chi connectivity index (χ2n) is 3.61. The van der Waals surface area contributed by atoms with E-state index >= 15 is 0 Å². The first kappa shape index (κ1) is 12.8. The summed E-state index contributed by atoms with van der Waals surface area (Å²) in [4.78, 5) is 2.75. The first-order valence-corrected chi connectivity index (χ1v) is 5.83. The van der Waals surface area contributed by atoms with Gasteiger partial charge in [-0.2, -0.15) is 13.2 Å². The number of nitrogen functional groups attached to an aromatic ring is 1. The molecule has 0 fully saturated rings. The number of anilines is 1. The SMILES string of the molecule is NSc1[nH]cc(-c2ccccc2C(F)(F)F)c1N. The summed E-state index contributed by atoms with van der Waals surface area (Å²) in [7, 11) is 0. The van der Waals surface area contributed by atoms with Gasteiger partial charge in [0.05, 0.1) is 11.3 Å². The summed E-state index contributed by atoms with van der Waals surface area (Å²) in [6.07, 6.45) is -2.99. The molecule has 0 bridgehead atoms. The number of H-pyrrole nitrogens is 1. The number of rotatable bonds is 2. The second-order valence-corrected chi connectivity index (χ2v) is 4.25. The zero-order chi connectivity index (χ0) is 13.3. The van der Waals surface area contributed by atoms with Gasteiger partial charge in [0, 0.05) is 11.8 Å². The maximum Gasteiger partial charge on any atom is 0.417 e. The largest absolute Gasteiger partial charge is 0.417 e. The maximum absolute atomic E-state index is 12.9. The van der Waals surface area contributed by atoms with Crippen molar-refractivity contribution < 1.29 is 13.2 Å². The third-order valence-corrected chi connectivity index (χ3v) is 3.10. The average molecular weight is 273 g/mol. The van der Waals surface area contributed by atoms with Gasteiger partial charge in [-0.3, -0.25) is 5.14 Å². The lowest BCUT2D eigenvalue weighted by atomic mass is 10.0. The van der Waals surface area contributed by atoms with Crippen LogP contribution in [0.4, 0.5) is 18.9 Å². The summed E-state index contributed by atoms with van der Waals surface area (Å²) in [5.41, 5.74) is 5.60. The molecule has 0 saturated heterocycles. The average Bonchev–Trinajstić information content (AvgIpc) is 2.69. The van der Waals surface area contributed by atoms with Gasteiger partial charge in [-0.1, -0.05) is 18.2 Å². The Morgan fingerprint density at radius 3 is 2.33 bits per heavy atom. The van der Waals surface area contributed by atoms with Crippen LogP contribution in [-0.4, -0.2) is 4.98 Å². The van der Waals surface area contributed by atoms with Gasteiger partial charge < -0.3 is 10.7 Å². The second kappa shape index (κ2) is 4.58. The highest BCUT2D eigenvalue weighted by atomic mass is 32.2. The van der Waals surface area contributed by atoms with E-state index < -0.39 is 11.7 Å². The lowest BCUT2D eigenvalue weighted by Crippen LogP contribution is -2.07. The number of nitrogens with one attached hydrogen (secondary N) is 1. The lowest BCUT2D eigenvalue weighted by Gasteiger charge is -2.12. The van der Waals surface area contributed by atoms with Gasteiger partial charge in [0.1, 0.15) is 5.03 Å². The number of halogens is 3. The van der Waals surface area contributed by atoms with Crippen LogP contribution in [0.3, 0.4) is 0 Å². The Morgan fingerprint density at radius 2 is 1.78 bits per heavy atom. The molecule has 3 nitrogen and oxygen atoms in total. The Morgan fingerprint density at radius 1 is 1.11 bits per heavy atom. The third kappa shape index (κ3) is 2.19. The smallest absolute Gasteiger partial charge is 0.396 e. The molecule has 5 N–H and O–H groups in total. The number of benzene rings is 1. The Balaban J connectivity index is 2.61. The van der Waals surface area contributed by atoms with Crippen molar-refractivity contribution in [3.63, 3.8) is 0 Å². The van der Waals surface area contributed by atoms with Crippen molar-refractivity contribution in [2.75, 3.05) is 5.73 Å². The van der Waals surface area contributed by atoms with Crippen LogP contribution < -0.4 is 10.9 Å². The zero-order valence-corrected chi connectivity index (χ0v) is 9.90. The van der Waals surface area contributed by atoms with E-state index in [2.05, 4.69) is 4.98 Å². The third-order valence-electron chi connectivity index (χ3n) is 2.52. The molecular weight excluding hydrogens is 263 g/mol. The Kier molecular flexibility index (Phi) is 3.27. The summed E-state index contributed by atoms with van der Waals surface area (Å²) in [6, 6.07) is 5.28. The van der Waals surface area contributed by atoms with Crippen molar-refractivity contribution in [1.82, 2.24) is 4.98 Å². The normalized spacial score (nSPS) is 11.8. The molecule has 0 saturated carbocycles. The molecular formula is C11H10F3N3S. The van der Waals surface area contributed by atoms with E-state index in [1.165, 1.54) is 24.4 Å². The predicted octanol–water partition coefficient (Wildman–Crippen LogP) is 3.25. The molecule has 0 atom stereocenters. The number of nitrogens with two attached hydrogens (primary N) is 2. The standard InChI is InChI=1S/C11H10F3N3S/c12-11(13,14)8-4-2-1-3-6(8)7-5-17-10(18-16)9(7)15/h1-5,17H,15-16H2. The van der Waals surface area contributed by atoms with Crippen molar-refractivity contribution in [2.45, 2.75) is 11.2 Å². The molecule has 0 amide bonds. The highest BCUT2D eigenvalue weighted by molar-refractivity contribution is 7.97. The predicted molar refractivity (Wildman–Crippen MR) is 65.7 cm³/mol. The van der Waals surface area contributed by atoms with E-state index in [-0.39, 0.29) is 11.3 Å². The van der Waals surface area contributed by atoms with Crippen LogP contribution in [-0.2, 0) is 6.18 Å². The minimum atomic E-state index is -4.42. The van der Waals surface area contributed by atoms with Gasteiger partial charge in [-0.15, -0.1) is 0 Å². The minimum absolute atomic E-state index is 0.0408. The van der Waals surface area contributed by atoms with Gasteiger partial charge in [-0.25, -0.2) is 0 Å². The van der Waals surface area contributed by atoms with Crippen molar-refractivity contribution in [3.8, 4) is 11.1 Å². The molecule has 0 aliphatic carbocycles. The molecule has 0 spiro atoms. The van der Waals surface area contributed by atoms with Gasteiger partial charge >= 0.3 is 6.18 Å². The topological polar surface area (TPSA) is 67.8 Å². The lowest BCUT2D eigenvalue weighted by molar-refractivity contribution is -0.137. The van der Waals surface area contributed by atoms with Gasteiger partial charge in [0.15, 0.2) is 0 Å². The van der Waals surface area contributed by atoms with Crippen molar-refractivity contribution in [1.29, 1.82) is 0 Å². The Bertz CT molecular complexity index is 563. The van der Waals surface area contributed by atoms with Crippen LogP contribution in [0, 0.1) is 0 Å². The summed E-state index contributed by atoms with van der Waals surface area (Å²) in [5.74, 6) is 0. The minimum Gasteiger partial charge on any atom is -0.396 e. The first-order chi connectivity index (χ1) is 8.45. The van der Waals surface area contributed by atoms with Crippen LogP contribution in [0.25, 0.3) is 11.1 Å². The van der Waals surface area contributed by atoms with E-state index in [1.54, 1.807) is 0 Å². The highest BCUT2D eigenvalue weighted by Crippen LogP contribution is 2.40. The van der Waals surface area contributed by atoms with Gasteiger partial charge in [0.25, 0.3) is 0 Å². The molecule has 96 valence electrons. The molecule has 0 unspecified atom stereocenters. The number of aromatic amines is 1. The Hall–Kier alpha value is -1.60. The highest BCUT2D eigenvalue weighted by Gasteiger charge is 2.34. The van der Waals surface area contributed by atoms with E-state index in [0.29, 0.717) is 10.6 Å². The summed E-state index contributed by atoms with van der Waals surface area (Å²) < 4.78 is 38.6. The maximum atomic E-state index is 12.9. The van der Waals surface area contributed by atoms with E-state index in [9.17, 15) is 13.2 Å². The fourth-order valence-electron chi connectivity index (χ4n) is 1.70. The van der Waals surface area contributed by atoms with Crippen molar-refractivity contribution in [2.24, 2.45) is 5.14 Å². The van der Waals surface area contributed by atoms with Crippen LogP contribution in [0.1, 0.15) is 5.56 Å². The monoisotopic (exact) mass is 273 g/mol. The summed E-state index contributed by atoms with van der Waals surface area (Å²) in [5, 5.41) is 5.80. The van der Waals surface area contributed by atoms with E-state index in [4.69, 9.17) is 10.9 Å². The number of hydrogen-bond donors (Lipinski definition) is 3. The van der Waals surface area contributed by atoms with Crippen molar-refractivity contribution in [3.05, 3.63) is 36.0 Å². The molecule has 0 aliphatic heterocycles. The molecule has 2 rings (SSSR count). The van der Waals surface area contributed by atoms with E-state index in [1.807, 2.05) is 0 Å². The Labute approximate surface area is 105 Å². The molecule has 18 heavy (non-hydrogen) atoms. The molecule has 1 aromatic heterocycles. The van der Waals surface area contributed by atoms with Crippen LogP contribution in [0.15, 0.2) is 35.5 Å². The number of hydrogen-bond acceptors (Lipinski definition) is 3. The molecule has 1 aromatic carbocycles. The molecule has 2 aromatic rings. The quantitative estimate of drug-likeness (QED) is 0.736. The first-order valence-electron chi connectivity index (χ1n) is 4.95. The van der Waals surface area contributed by atoms with Crippen LogP contribution in [0.5, 0.6) is 0 Å². The molecule has 7 heteroatoms. The number of alkyl halides is 3. The van der Waals surface area contributed by atoms with E-state index in [0.717, 1.165) is 18.0 Å². The van der Waals surface area contributed by atoms with Gasteiger partial charge in [-0.05, 0) is 23.6 Å². The summed E-state index contributed by atoms with van der Waals surface area (Å²) in [6.45, 7) is 0. The summed E-state index contributed by atoms with van der Waals surface area (Å²) >= 11 is 0.862. The molecule has 0 radical (unpaired) electrons. The molecule has 0 aliphatic rings. The fourth-order valence-corrected chi connectivity index (χ4v) is 2.06.